The van der Waals surface area contributed by atoms with Gasteiger partial charge in [-0.05, 0) is 32.5 Å². The number of hydrogen-bond acceptors (Lipinski definition) is 2. The van der Waals surface area contributed by atoms with E-state index in [0.717, 1.165) is 32.1 Å². The highest BCUT2D eigenvalue weighted by molar-refractivity contribution is 5.22. The van der Waals surface area contributed by atoms with E-state index in [1.165, 1.54) is 6.07 Å². The van der Waals surface area contributed by atoms with Crippen LogP contribution in [-0.4, -0.2) is 30.6 Å². The van der Waals surface area contributed by atoms with Crippen LogP contribution in [0.15, 0.2) is 18.2 Å². The summed E-state index contributed by atoms with van der Waals surface area (Å²) in [6, 6.07) is 4.26. The summed E-state index contributed by atoms with van der Waals surface area (Å²) in [6.07, 6.45) is 1.08. The van der Waals surface area contributed by atoms with Gasteiger partial charge in [0.1, 0.15) is 11.6 Å². The predicted octanol–water partition coefficient (Wildman–Crippen LogP) is 2.71. The minimum absolute atomic E-state index is 0.0273. The van der Waals surface area contributed by atoms with Gasteiger partial charge in [-0.15, -0.1) is 0 Å². The summed E-state index contributed by atoms with van der Waals surface area (Å²) in [5.74, 6) is -0.971. The molecule has 100 valence electrons. The third-order valence-corrected chi connectivity index (χ3v) is 3.78. The number of nitrogens with one attached hydrogen (secondary N) is 1. The minimum atomic E-state index is -0.519. The fourth-order valence-electron chi connectivity index (χ4n) is 2.79. The summed E-state index contributed by atoms with van der Waals surface area (Å²) in [5.41, 5.74) is 0.574. The summed E-state index contributed by atoms with van der Waals surface area (Å²) in [4.78, 5) is 2.27. The minimum Gasteiger partial charge on any atom is -0.315 e. The maximum absolute atomic E-state index is 13.8. The maximum Gasteiger partial charge on any atom is 0.130 e. The molecule has 1 aliphatic heterocycles. The van der Waals surface area contributed by atoms with Crippen LogP contribution < -0.4 is 5.32 Å². The SMILES string of the molecule is CCN(C1CCNC1)C(C)c1ccc(F)cc1F. The molecule has 18 heavy (non-hydrogen) atoms. The van der Waals surface area contributed by atoms with Crippen molar-refractivity contribution >= 4 is 0 Å². The number of halogens is 2. The molecule has 0 amide bonds. The zero-order chi connectivity index (χ0) is 13.1. The van der Waals surface area contributed by atoms with E-state index in [-0.39, 0.29) is 6.04 Å². The zero-order valence-corrected chi connectivity index (χ0v) is 10.9. The lowest BCUT2D eigenvalue weighted by atomic mass is 10.0. The summed E-state index contributed by atoms with van der Waals surface area (Å²) in [6.45, 7) is 6.89. The van der Waals surface area contributed by atoms with Crippen LogP contribution in [0.5, 0.6) is 0 Å². The molecule has 2 rings (SSSR count). The van der Waals surface area contributed by atoms with Gasteiger partial charge in [-0.2, -0.15) is 0 Å². The molecular formula is C14H20F2N2. The fourth-order valence-corrected chi connectivity index (χ4v) is 2.79. The lowest BCUT2D eigenvalue weighted by Gasteiger charge is -2.33. The molecule has 0 radical (unpaired) electrons. The Bertz CT molecular complexity index is 403. The average Bonchev–Trinajstić information content (AvgIpc) is 2.83. The van der Waals surface area contributed by atoms with E-state index < -0.39 is 11.6 Å². The molecule has 1 saturated heterocycles. The molecule has 0 aliphatic carbocycles. The summed E-state index contributed by atoms with van der Waals surface area (Å²) in [7, 11) is 0. The van der Waals surface area contributed by atoms with Crippen molar-refractivity contribution in [2.45, 2.75) is 32.4 Å². The van der Waals surface area contributed by atoms with Crippen LogP contribution in [0.1, 0.15) is 31.9 Å². The molecule has 2 unspecified atom stereocenters. The molecule has 1 aliphatic rings. The molecule has 1 fully saturated rings. The predicted molar refractivity (Wildman–Crippen MR) is 68.4 cm³/mol. The first-order chi connectivity index (χ1) is 8.63. The van der Waals surface area contributed by atoms with Gasteiger partial charge in [-0.25, -0.2) is 8.78 Å². The fraction of sp³-hybridized carbons (Fsp3) is 0.571. The van der Waals surface area contributed by atoms with E-state index in [9.17, 15) is 8.78 Å². The van der Waals surface area contributed by atoms with E-state index in [0.29, 0.717) is 11.6 Å². The highest BCUT2D eigenvalue weighted by Crippen LogP contribution is 2.26. The largest absolute Gasteiger partial charge is 0.315 e. The molecule has 2 nitrogen and oxygen atoms in total. The maximum atomic E-state index is 13.8. The van der Waals surface area contributed by atoms with Gasteiger partial charge in [0.15, 0.2) is 0 Å². The molecule has 0 bridgehead atoms. The van der Waals surface area contributed by atoms with E-state index in [1.807, 2.05) is 6.92 Å². The topological polar surface area (TPSA) is 15.3 Å². The van der Waals surface area contributed by atoms with Crippen molar-refractivity contribution in [2.75, 3.05) is 19.6 Å². The van der Waals surface area contributed by atoms with Gasteiger partial charge in [-0.1, -0.05) is 13.0 Å². The Kier molecular flexibility index (Phi) is 4.30. The first-order valence-corrected chi connectivity index (χ1v) is 6.55. The van der Waals surface area contributed by atoms with Crippen molar-refractivity contribution in [1.82, 2.24) is 10.2 Å². The first-order valence-electron chi connectivity index (χ1n) is 6.55. The highest BCUT2D eigenvalue weighted by atomic mass is 19.1. The second kappa shape index (κ2) is 5.76. The molecule has 0 spiro atoms. The molecule has 1 heterocycles. The number of rotatable bonds is 4. The molecule has 0 aromatic heterocycles. The number of likely N-dealkylation sites (N-methyl/N-ethyl adjacent to an activating group) is 1. The van der Waals surface area contributed by atoms with Crippen molar-refractivity contribution in [3.05, 3.63) is 35.4 Å². The Labute approximate surface area is 107 Å². The molecule has 4 heteroatoms. The lowest BCUT2D eigenvalue weighted by Crippen LogP contribution is -2.38. The second-order valence-electron chi connectivity index (χ2n) is 4.82. The summed E-state index contributed by atoms with van der Waals surface area (Å²) >= 11 is 0. The van der Waals surface area contributed by atoms with Gasteiger partial charge >= 0.3 is 0 Å². The summed E-state index contributed by atoms with van der Waals surface area (Å²) in [5, 5.41) is 3.32. The Morgan fingerprint density at radius 1 is 1.44 bits per heavy atom. The van der Waals surface area contributed by atoms with Gasteiger partial charge in [-0.3, -0.25) is 4.90 Å². The smallest absolute Gasteiger partial charge is 0.130 e. The van der Waals surface area contributed by atoms with Crippen molar-refractivity contribution in [3.8, 4) is 0 Å². The number of hydrogen-bond donors (Lipinski definition) is 1. The molecule has 1 N–H and O–H groups in total. The van der Waals surface area contributed by atoms with Gasteiger partial charge in [0.05, 0.1) is 0 Å². The van der Waals surface area contributed by atoms with Crippen LogP contribution in [0.25, 0.3) is 0 Å². The number of benzene rings is 1. The second-order valence-corrected chi connectivity index (χ2v) is 4.82. The third-order valence-electron chi connectivity index (χ3n) is 3.78. The van der Waals surface area contributed by atoms with Crippen LogP contribution in [0.2, 0.25) is 0 Å². The Morgan fingerprint density at radius 3 is 2.78 bits per heavy atom. The lowest BCUT2D eigenvalue weighted by molar-refractivity contribution is 0.160. The van der Waals surface area contributed by atoms with Crippen molar-refractivity contribution in [2.24, 2.45) is 0 Å². The van der Waals surface area contributed by atoms with Gasteiger partial charge in [0.25, 0.3) is 0 Å². The van der Waals surface area contributed by atoms with Crippen LogP contribution in [0, 0.1) is 11.6 Å². The zero-order valence-electron chi connectivity index (χ0n) is 10.9. The summed E-state index contributed by atoms with van der Waals surface area (Å²) < 4.78 is 26.7. The number of nitrogens with zero attached hydrogens (tertiary/aromatic N) is 1. The van der Waals surface area contributed by atoms with Crippen LogP contribution in [0.3, 0.4) is 0 Å². The Balaban J connectivity index is 2.19. The third kappa shape index (κ3) is 2.70. The normalized spacial score (nSPS) is 21.5. The highest BCUT2D eigenvalue weighted by Gasteiger charge is 2.27. The van der Waals surface area contributed by atoms with Gasteiger partial charge < -0.3 is 5.32 Å². The Morgan fingerprint density at radius 2 is 2.22 bits per heavy atom. The molecule has 1 aromatic rings. The van der Waals surface area contributed by atoms with Crippen molar-refractivity contribution in [3.63, 3.8) is 0 Å². The van der Waals surface area contributed by atoms with Crippen molar-refractivity contribution in [1.29, 1.82) is 0 Å². The van der Waals surface area contributed by atoms with Crippen LogP contribution in [0.4, 0.5) is 8.78 Å². The average molecular weight is 254 g/mol. The molecule has 0 saturated carbocycles. The van der Waals surface area contributed by atoms with E-state index in [1.54, 1.807) is 6.07 Å². The molecule has 1 aromatic carbocycles. The van der Waals surface area contributed by atoms with Gasteiger partial charge in [0.2, 0.25) is 0 Å². The molecular weight excluding hydrogens is 234 g/mol. The van der Waals surface area contributed by atoms with E-state index in [4.69, 9.17) is 0 Å². The van der Waals surface area contributed by atoms with Crippen LogP contribution in [-0.2, 0) is 0 Å². The quantitative estimate of drug-likeness (QED) is 0.888. The van der Waals surface area contributed by atoms with Crippen molar-refractivity contribution < 1.29 is 8.78 Å². The van der Waals surface area contributed by atoms with Crippen LogP contribution >= 0.6 is 0 Å². The standard InChI is InChI=1S/C14H20F2N2/c1-3-18(12-6-7-17-9-12)10(2)13-5-4-11(15)8-14(13)16/h4-5,8,10,12,17H,3,6-7,9H2,1-2H3. The van der Waals surface area contributed by atoms with E-state index in [2.05, 4.69) is 17.1 Å². The van der Waals surface area contributed by atoms with Gasteiger partial charge in [0, 0.05) is 30.3 Å². The first kappa shape index (κ1) is 13.4. The molecule has 2 atom stereocenters. The monoisotopic (exact) mass is 254 g/mol. The Hall–Kier alpha value is -1.00. The van der Waals surface area contributed by atoms with E-state index >= 15 is 0 Å².